The number of carbonyl (C=O) groups excluding carboxylic acids is 1. The number of hydrogen-bond donors (Lipinski definition) is 0. The standard InChI is InChI=1S/C18H15BrN2O/c19-16-10-5-4-9-15(16)17(22)21-12-6-11-18(21,13-20)14-7-2-1-3-8-14/h1-5,7-10H,6,11-12H2/t18-/m1/s1. The molecule has 1 fully saturated rings. The topological polar surface area (TPSA) is 44.1 Å². The third-order valence-electron chi connectivity index (χ3n) is 4.17. The molecule has 0 unspecified atom stereocenters. The number of amides is 1. The summed E-state index contributed by atoms with van der Waals surface area (Å²) in [5.41, 5.74) is 0.614. The number of carbonyl (C=O) groups is 1. The van der Waals surface area contributed by atoms with Crippen LogP contribution in [-0.2, 0) is 5.54 Å². The average Bonchev–Trinajstić information content (AvgIpc) is 3.01. The highest BCUT2D eigenvalue weighted by Crippen LogP contribution is 2.39. The van der Waals surface area contributed by atoms with Crippen molar-refractivity contribution in [3.63, 3.8) is 0 Å². The van der Waals surface area contributed by atoms with E-state index in [0.29, 0.717) is 18.5 Å². The molecule has 1 amide bonds. The molecule has 110 valence electrons. The normalized spacial score (nSPS) is 20.6. The summed E-state index contributed by atoms with van der Waals surface area (Å²) in [6, 6.07) is 19.3. The summed E-state index contributed by atoms with van der Waals surface area (Å²) in [6.07, 6.45) is 1.50. The van der Waals surface area contributed by atoms with Crippen LogP contribution in [0.2, 0.25) is 0 Å². The van der Waals surface area contributed by atoms with Crippen LogP contribution in [0.1, 0.15) is 28.8 Å². The van der Waals surface area contributed by atoms with Gasteiger partial charge in [0.2, 0.25) is 0 Å². The van der Waals surface area contributed by atoms with Gasteiger partial charge >= 0.3 is 0 Å². The number of nitrogens with zero attached hydrogens (tertiary/aromatic N) is 2. The minimum absolute atomic E-state index is 0.102. The van der Waals surface area contributed by atoms with Gasteiger partial charge in [-0.3, -0.25) is 4.79 Å². The van der Waals surface area contributed by atoms with Gasteiger partial charge in [-0.1, -0.05) is 42.5 Å². The summed E-state index contributed by atoms with van der Waals surface area (Å²) in [6.45, 7) is 0.600. The van der Waals surface area contributed by atoms with E-state index in [9.17, 15) is 10.1 Å². The van der Waals surface area contributed by atoms with Crippen molar-refractivity contribution in [2.24, 2.45) is 0 Å². The van der Waals surface area contributed by atoms with Gasteiger partial charge in [0.05, 0.1) is 11.6 Å². The van der Waals surface area contributed by atoms with Crippen LogP contribution in [0.4, 0.5) is 0 Å². The van der Waals surface area contributed by atoms with Crippen molar-refractivity contribution in [3.05, 3.63) is 70.2 Å². The van der Waals surface area contributed by atoms with Crippen molar-refractivity contribution in [2.75, 3.05) is 6.54 Å². The maximum absolute atomic E-state index is 13.0. The molecule has 0 radical (unpaired) electrons. The Bertz CT molecular complexity index is 738. The summed E-state index contributed by atoms with van der Waals surface area (Å²) in [5.74, 6) is -0.102. The maximum atomic E-state index is 13.0. The zero-order chi connectivity index (χ0) is 15.6. The Morgan fingerprint density at radius 2 is 1.82 bits per heavy atom. The monoisotopic (exact) mass is 354 g/mol. The molecule has 0 aromatic heterocycles. The van der Waals surface area contributed by atoms with E-state index in [1.54, 1.807) is 11.0 Å². The lowest BCUT2D eigenvalue weighted by atomic mass is 9.88. The predicted molar refractivity (Wildman–Crippen MR) is 88.1 cm³/mol. The lowest BCUT2D eigenvalue weighted by Gasteiger charge is -2.33. The largest absolute Gasteiger partial charge is 0.316 e. The number of likely N-dealkylation sites (tertiary alicyclic amines) is 1. The quantitative estimate of drug-likeness (QED) is 0.814. The molecular formula is C18H15BrN2O. The predicted octanol–water partition coefficient (Wildman–Crippen LogP) is 4.10. The van der Waals surface area contributed by atoms with Gasteiger partial charge in [0.15, 0.2) is 5.54 Å². The lowest BCUT2D eigenvalue weighted by Crippen LogP contribution is -2.44. The number of nitriles is 1. The summed E-state index contributed by atoms with van der Waals surface area (Å²) >= 11 is 3.43. The molecule has 22 heavy (non-hydrogen) atoms. The summed E-state index contributed by atoms with van der Waals surface area (Å²) in [7, 11) is 0. The van der Waals surface area contributed by atoms with Crippen LogP contribution >= 0.6 is 15.9 Å². The van der Waals surface area contributed by atoms with Crippen molar-refractivity contribution < 1.29 is 4.79 Å². The Morgan fingerprint density at radius 3 is 2.50 bits per heavy atom. The highest BCUT2D eigenvalue weighted by molar-refractivity contribution is 9.10. The van der Waals surface area contributed by atoms with E-state index in [-0.39, 0.29) is 5.91 Å². The third-order valence-corrected chi connectivity index (χ3v) is 4.86. The first-order valence-corrected chi connectivity index (χ1v) is 8.01. The van der Waals surface area contributed by atoms with Crippen LogP contribution < -0.4 is 0 Å². The Hall–Kier alpha value is -2.12. The fourth-order valence-electron chi connectivity index (χ4n) is 3.07. The molecule has 1 saturated heterocycles. The Labute approximate surface area is 138 Å². The molecule has 2 aromatic rings. The van der Waals surface area contributed by atoms with Crippen molar-refractivity contribution in [3.8, 4) is 6.07 Å². The van der Waals surface area contributed by atoms with E-state index in [1.807, 2.05) is 48.5 Å². The number of halogens is 1. The van der Waals surface area contributed by atoms with Gasteiger partial charge < -0.3 is 4.90 Å². The molecular weight excluding hydrogens is 340 g/mol. The molecule has 3 rings (SSSR count). The molecule has 1 aliphatic heterocycles. The van der Waals surface area contributed by atoms with Crippen molar-refractivity contribution in [1.29, 1.82) is 5.26 Å². The van der Waals surface area contributed by atoms with E-state index < -0.39 is 5.54 Å². The van der Waals surface area contributed by atoms with E-state index in [0.717, 1.165) is 16.5 Å². The minimum Gasteiger partial charge on any atom is -0.316 e. The molecule has 0 saturated carbocycles. The van der Waals surface area contributed by atoms with Gasteiger partial charge in [-0.2, -0.15) is 5.26 Å². The second-order valence-electron chi connectivity index (χ2n) is 5.38. The number of benzene rings is 2. The van der Waals surface area contributed by atoms with Gasteiger partial charge in [-0.15, -0.1) is 0 Å². The molecule has 1 atom stereocenters. The maximum Gasteiger partial charge on any atom is 0.256 e. The second-order valence-corrected chi connectivity index (χ2v) is 6.23. The smallest absolute Gasteiger partial charge is 0.256 e. The van der Waals surface area contributed by atoms with E-state index in [1.165, 1.54) is 0 Å². The van der Waals surface area contributed by atoms with E-state index in [2.05, 4.69) is 22.0 Å². The van der Waals surface area contributed by atoms with Gasteiger partial charge in [0.25, 0.3) is 5.91 Å². The van der Waals surface area contributed by atoms with Gasteiger partial charge in [0, 0.05) is 11.0 Å². The first-order chi connectivity index (χ1) is 10.7. The SMILES string of the molecule is N#C[C@@]1(c2ccccc2)CCCN1C(=O)c1ccccc1Br. The Balaban J connectivity index is 2.05. The fraction of sp³-hybridized carbons (Fsp3) is 0.222. The van der Waals surface area contributed by atoms with Crippen molar-refractivity contribution >= 4 is 21.8 Å². The molecule has 3 nitrogen and oxygen atoms in total. The molecule has 0 N–H and O–H groups in total. The Morgan fingerprint density at radius 1 is 1.14 bits per heavy atom. The highest BCUT2D eigenvalue weighted by atomic mass is 79.9. The van der Waals surface area contributed by atoms with Crippen molar-refractivity contribution in [1.82, 2.24) is 4.90 Å². The highest BCUT2D eigenvalue weighted by Gasteiger charge is 2.45. The lowest BCUT2D eigenvalue weighted by molar-refractivity contribution is 0.0669. The molecule has 0 bridgehead atoms. The average molecular weight is 355 g/mol. The molecule has 2 aromatic carbocycles. The number of hydrogen-bond acceptors (Lipinski definition) is 2. The van der Waals surface area contributed by atoms with E-state index >= 15 is 0 Å². The Kier molecular flexibility index (Phi) is 4.00. The van der Waals surface area contributed by atoms with Gasteiger partial charge in [-0.05, 0) is 46.5 Å². The van der Waals surface area contributed by atoms with Crippen molar-refractivity contribution in [2.45, 2.75) is 18.4 Å². The van der Waals surface area contributed by atoms with Crippen LogP contribution in [0, 0.1) is 11.3 Å². The molecule has 1 aliphatic rings. The van der Waals surface area contributed by atoms with Crippen LogP contribution in [-0.4, -0.2) is 17.4 Å². The molecule has 0 spiro atoms. The molecule has 0 aliphatic carbocycles. The van der Waals surface area contributed by atoms with Gasteiger partial charge in [-0.25, -0.2) is 0 Å². The third kappa shape index (κ3) is 2.32. The van der Waals surface area contributed by atoms with Crippen LogP contribution in [0.5, 0.6) is 0 Å². The molecule has 4 heteroatoms. The van der Waals surface area contributed by atoms with Gasteiger partial charge in [0.1, 0.15) is 0 Å². The fourth-order valence-corrected chi connectivity index (χ4v) is 3.52. The van der Waals surface area contributed by atoms with Crippen LogP contribution in [0.3, 0.4) is 0 Å². The van der Waals surface area contributed by atoms with Crippen LogP contribution in [0.15, 0.2) is 59.1 Å². The first-order valence-electron chi connectivity index (χ1n) is 7.22. The molecule has 1 heterocycles. The summed E-state index contributed by atoms with van der Waals surface area (Å²) in [4.78, 5) is 14.7. The zero-order valence-electron chi connectivity index (χ0n) is 12.0. The summed E-state index contributed by atoms with van der Waals surface area (Å²) in [5, 5.41) is 9.85. The van der Waals surface area contributed by atoms with E-state index in [4.69, 9.17) is 0 Å². The van der Waals surface area contributed by atoms with Crippen LogP contribution in [0.25, 0.3) is 0 Å². The second kappa shape index (κ2) is 5.94. The summed E-state index contributed by atoms with van der Waals surface area (Å²) < 4.78 is 0.756. The zero-order valence-corrected chi connectivity index (χ0v) is 13.6. The minimum atomic E-state index is -0.867. The first kappa shape index (κ1) is 14.8. The number of rotatable bonds is 2.